The van der Waals surface area contributed by atoms with Crippen LogP contribution >= 0.6 is 11.8 Å². The fourth-order valence-corrected chi connectivity index (χ4v) is 4.31. The topological polar surface area (TPSA) is 69.0 Å². The number of ether oxygens (including phenoxy) is 1. The van der Waals surface area contributed by atoms with E-state index in [4.69, 9.17) is 4.74 Å². The van der Waals surface area contributed by atoms with E-state index in [2.05, 4.69) is 15.5 Å². The Kier molecular flexibility index (Phi) is 7.10. The van der Waals surface area contributed by atoms with Gasteiger partial charge in [-0.2, -0.15) is 0 Å². The Morgan fingerprint density at radius 3 is 2.24 bits per heavy atom. The number of aromatic nitrogens is 3. The summed E-state index contributed by atoms with van der Waals surface area (Å²) >= 11 is 1.37. The lowest BCUT2D eigenvalue weighted by Crippen LogP contribution is -2.24. The van der Waals surface area contributed by atoms with E-state index in [0.29, 0.717) is 11.0 Å². The predicted octanol–water partition coefficient (Wildman–Crippen LogP) is 5.58. The Morgan fingerprint density at radius 1 is 0.939 bits per heavy atom. The highest BCUT2D eigenvalue weighted by atomic mass is 32.2. The number of hydrogen-bond acceptors (Lipinski definition) is 5. The van der Waals surface area contributed by atoms with Gasteiger partial charge in [0.1, 0.15) is 12.4 Å². The van der Waals surface area contributed by atoms with Gasteiger partial charge in [-0.1, -0.05) is 66.4 Å². The molecule has 4 rings (SSSR count). The molecule has 4 aromatic rings. The molecule has 0 bridgehead atoms. The number of amides is 1. The zero-order chi connectivity index (χ0) is 23.2. The molecular weight excluding hydrogens is 432 g/mol. The lowest BCUT2D eigenvalue weighted by Gasteiger charge is -2.16. The number of thioether (sulfide) groups is 1. The summed E-state index contributed by atoms with van der Waals surface area (Å²) in [6, 6.07) is 25.4. The Bertz CT molecular complexity index is 1210. The molecule has 0 spiro atoms. The molecule has 1 atom stereocenters. The first-order valence-electron chi connectivity index (χ1n) is 10.7. The van der Waals surface area contributed by atoms with Crippen LogP contribution in [-0.2, 0) is 11.4 Å². The highest BCUT2D eigenvalue weighted by Gasteiger charge is 2.22. The molecule has 0 saturated heterocycles. The molecule has 1 unspecified atom stereocenters. The van der Waals surface area contributed by atoms with Crippen LogP contribution in [0.5, 0.6) is 5.75 Å². The van der Waals surface area contributed by atoms with Crippen LogP contribution < -0.4 is 10.1 Å². The SMILES string of the molecule is Cc1cccc(C)c1NC(=O)C(C)Sc1nnc(COc2ccccc2)n1-c1ccccc1. The van der Waals surface area contributed by atoms with Crippen molar-refractivity contribution >= 4 is 23.4 Å². The maximum Gasteiger partial charge on any atom is 0.237 e. The monoisotopic (exact) mass is 458 g/mol. The molecule has 1 heterocycles. The first-order valence-corrected chi connectivity index (χ1v) is 11.6. The van der Waals surface area contributed by atoms with Gasteiger partial charge in [0.05, 0.1) is 5.25 Å². The fraction of sp³-hybridized carbons (Fsp3) is 0.192. The minimum absolute atomic E-state index is 0.0814. The number of hydrogen-bond donors (Lipinski definition) is 1. The van der Waals surface area contributed by atoms with Gasteiger partial charge in [0.2, 0.25) is 5.91 Å². The lowest BCUT2D eigenvalue weighted by atomic mass is 10.1. The average Bonchev–Trinajstić information content (AvgIpc) is 3.23. The summed E-state index contributed by atoms with van der Waals surface area (Å²) in [4.78, 5) is 13.0. The molecule has 1 N–H and O–H groups in total. The van der Waals surface area contributed by atoms with Gasteiger partial charge in [-0.3, -0.25) is 9.36 Å². The smallest absolute Gasteiger partial charge is 0.237 e. The second kappa shape index (κ2) is 10.4. The van der Waals surface area contributed by atoms with E-state index in [1.807, 2.05) is 104 Å². The summed E-state index contributed by atoms with van der Waals surface area (Å²) in [5.41, 5.74) is 3.84. The maximum atomic E-state index is 13.0. The van der Waals surface area contributed by atoms with Crippen LogP contribution in [0.1, 0.15) is 23.9 Å². The Balaban J connectivity index is 1.55. The number of rotatable bonds is 8. The summed E-state index contributed by atoms with van der Waals surface area (Å²) in [5, 5.41) is 12.1. The van der Waals surface area contributed by atoms with Crippen molar-refractivity contribution in [3.05, 3.63) is 95.8 Å². The normalized spacial score (nSPS) is 11.7. The van der Waals surface area contributed by atoms with Gasteiger partial charge in [-0.05, 0) is 56.2 Å². The zero-order valence-electron chi connectivity index (χ0n) is 18.9. The van der Waals surface area contributed by atoms with Crippen molar-refractivity contribution in [2.24, 2.45) is 0 Å². The predicted molar refractivity (Wildman–Crippen MR) is 132 cm³/mol. The van der Waals surface area contributed by atoms with Gasteiger partial charge in [-0.25, -0.2) is 0 Å². The largest absolute Gasteiger partial charge is 0.486 e. The van der Waals surface area contributed by atoms with Crippen molar-refractivity contribution in [2.45, 2.75) is 37.8 Å². The molecule has 1 aromatic heterocycles. The maximum absolute atomic E-state index is 13.0. The molecule has 1 amide bonds. The van der Waals surface area contributed by atoms with E-state index in [1.54, 1.807) is 0 Å². The number of anilines is 1. The second-order valence-electron chi connectivity index (χ2n) is 7.69. The van der Waals surface area contributed by atoms with Crippen LogP contribution in [0.4, 0.5) is 5.69 Å². The number of para-hydroxylation sites is 3. The van der Waals surface area contributed by atoms with Crippen molar-refractivity contribution in [1.29, 1.82) is 0 Å². The van der Waals surface area contributed by atoms with Crippen LogP contribution in [0.2, 0.25) is 0 Å². The van der Waals surface area contributed by atoms with Crippen molar-refractivity contribution in [2.75, 3.05) is 5.32 Å². The Morgan fingerprint density at radius 2 is 1.58 bits per heavy atom. The molecular formula is C26H26N4O2S. The van der Waals surface area contributed by atoms with Crippen LogP contribution in [0.15, 0.2) is 84.0 Å². The molecule has 168 valence electrons. The van der Waals surface area contributed by atoms with Crippen molar-refractivity contribution in [3.63, 3.8) is 0 Å². The summed E-state index contributed by atoms with van der Waals surface area (Å²) in [6.07, 6.45) is 0. The van der Waals surface area contributed by atoms with E-state index >= 15 is 0 Å². The standard InChI is InChI=1S/C26H26N4O2S/c1-18-11-10-12-19(2)24(18)27-25(31)20(3)33-26-29-28-23(17-32-22-15-8-5-9-16-22)30(26)21-13-6-4-7-14-21/h4-16,20H,17H2,1-3H3,(H,27,31). The summed E-state index contributed by atoms with van der Waals surface area (Å²) < 4.78 is 7.85. The van der Waals surface area contributed by atoms with Crippen molar-refractivity contribution in [1.82, 2.24) is 14.8 Å². The third kappa shape index (κ3) is 5.43. The number of carbonyl (C=O) groups is 1. The van der Waals surface area contributed by atoms with Crippen LogP contribution in [0.3, 0.4) is 0 Å². The van der Waals surface area contributed by atoms with Crippen molar-refractivity contribution in [3.8, 4) is 11.4 Å². The third-order valence-corrected chi connectivity index (χ3v) is 6.25. The molecule has 0 saturated carbocycles. The fourth-order valence-electron chi connectivity index (χ4n) is 3.42. The highest BCUT2D eigenvalue weighted by Crippen LogP contribution is 2.28. The minimum Gasteiger partial charge on any atom is -0.486 e. The van der Waals surface area contributed by atoms with E-state index < -0.39 is 0 Å². The minimum atomic E-state index is -0.376. The number of benzene rings is 3. The molecule has 3 aromatic carbocycles. The van der Waals surface area contributed by atoms with E-state index in [-0.39, 0.29) is 17.8 Å². The molecule has 7 heteroatoms. The molecule has 0 fully saturated rings. The molecule has 0 aliphatic carbocycles. The van der Waals surface area contributed by atoms with Crippen LogP contribution in [0, 0.1) is 13.8 Å². The van der Waals surface area contributed by atoms with Gasteiger partial charge in [0, 0.05) is 11.4 Å². The molecule has 0 aliphatic rings. The van der Waals surface area contributed by atoms with E-state index in [0.717, 1.165) is 28.3 Å². The molecule has 6 nitrogen and oxygen atoms in total. The van der Waals surface area contributed by atoms with Gasteiger partial charge in [-0.15, -0.1) is 10.2 Å². The number of nitrogens with zero attached hydrogens (tertiary/aromatic N) is 3. The van der Waals surface area contributed by atoms with Crippen molar-refractivity contribution < 1.29 is 9.53 Å². The van der Waals surface area contributed by atoms with Gasteiger partial charge < -0.3 is 10.1 Å². The molecule has 33 heavy (non-hydrogen) atoms. The number of nitrogens with one attached hydrogen (secondary N) is 1. The highest BCUT2D eigenvalue weighted by molar-refractivity contribution is 8.00. The zero-order valence-corrected chi connectivity index (χ0v) is 19.7. The molecule has 0 radical (unpaired) electrons. The third-order valence-electron chi connectivity index (χ3n) is 5.21. The lowest BCUT2D eigenvalue weighted by molar-refractivity contribution is -0.115. The average molecular weight is 459 g/mol. The van der Waals surface area contributed by atoms with E-state index in [9.17, 15) is 4.79 Å². The summed E-state index contributed by atoms with van der Waals surface area (Å²) in [6.45, 7) is 6.12. The first kappa shape index (κ1) is 22.6. The van der Waals surface area contributed by atoms with Crippen LogP contribution in [-0.4, -0.2) is 25.9 Å². The van der Waals surface area contributed by atoms with E-state index in [1.165, 1.54) is 11.8 Å². The first-order chi connectivity index (χ1) is 16.0. The Labute approximate surface area is 198 Å². The van der Waals surface area contributed by atoms with Gasteiger partial charge >= 0.3 is 0 Å². The Hall–Kier alpha value is -3.58. The molecule has 0 aliphatic heterocycles. The summed E-state index contributed by atoms with van der Waals surface area (Å²) in [7, 11) is 0. The summed E-state index contributed by atoms with van der Waals surface area (Å²) in [5.74, 6) is 1.34. The van der Waals surface area contributed by atoms with Crippen LogP contribution in [0.25, 0.3) is 5.69 Å². The van der Waals surface area contributed by atoms with Gasteiger partial charge in [0.25, 0.3) is 0 Å². The second-order valence-corrected chi connectivity index (χ2v) is 9.00. The van der Waals surface area contributed by atoms with Gasteiger partial charge in [0.15, 0.2) is 11.0 Å². The number of aryl methyl sites for hydroxylation is 2. The number of carbonyl (C=O) groups excluding carboxylic acids is 1. The quantitative estimate of drug-likeness (QED) is 0.349.